The zero-order chi connectivity index (χ0) is 13.1. The van der Waals surface area contributed by atoms with E-state index in [1.54, 1.807) is 12.1 Å². The van der Waals surface area contributed by atoms with E-state index in [9.17, 15) is 9.59 Å². The molecule has 3 nitrogen and oxygen atoms in total. The molecule has 0 aliphatic heterocycles. The molecule has 0 aromatic heterocycles. The first kappa shape index (κ1) is 13.4. The first-order chi connectivity index (χ1) is 7.79. The molecule has 0 N–H and O–H groups in total. The Balaban J connectivity index is 2.69. The summed E-state index contributed by atoms with van der Waals surface area (Å²) in [4.78, 5) is 22.0. The van der Waals surface area contributed by atoms with Gasteiger partial charge in [0.1, 0.15) is 18.0 Å². The number of carbonyl (C=O) groups excluding carboxylic acids is 2. The van der Waals surface area contributed by atoms with E-state index in [1.165, 1.54) is 12.5 Å². The van der Waals surface area contributed by atoms with Crippen LogP contribution >= 0.6 is 0 Å². The third kappa shape index (κ3) is 4.39. The first-order valence-corrected chi connectivity index (χ1v) is 5.59. The normalized spacial score (nSPS) is 11.1. The summed E-state index contributed by atoms with van der Waals surface area (Å²) >= 11 is 0. The average Bonchev–Trinajstić information content (AvgIpc) is 2.15. The van der Waals surface area contributed by atoms with Gasteiger partial charge in [-0.2, -0.15) is 0 Å². The molecule has 1 aromatic carbocycles. The van der Waals surface area contributed by atoms with E-state index in [1.807, 2.05) is 12.1 Å². The lowest BCUT2D eigenvalue weighted by Crippen LogP contribution is -2.13. The predicted octanol–water partition coefficient (Wildman–Crippen LogP) is 2.87. The topological polar surface area (TPSA) is 43.4 Å². The molecule has 1 aromatic rings. The molecule has 17 heavy (non-hydrogen) atoms. The zero-order valence-corrected chi connectivity index (χ0v) is 10.7. The molecule has 0 aliphatic carbocycles. The van der Waals surface area contributed by atoms with Crippen molar-refractivity contribution in [3.8, 4) is 5.75 Å². The maximum atomic E-state index is 11.3. The molecule has 0 heterocycles. The third-order valence-electron chi connectivity index (χ3n) is 2.35. The standard InChI is InChI=1S/C14H18O3/c1-10(15)9-13(16)17-12-7-5-11(6-8-12)14(2,3)4/h5-8H,9H2,1-4H3. The minimum Gasteiger partial charge on any atom is -0.426 e. The summed E-state index contributed by atoms with van der Waals surface area (Å²) in [6, 6.07) is 7.35. The van der Waals surface area contributed by atoms with Crippen molar-refractivity contribution in [3.63, 3.8) is 0 Å². The molecule has 3 heteroatoms. The summed E-state index contributed by atoms with van der Waals surface area (Å²) in [6.07, 6.45) is -0.180. The Hall–Kier alpha value is -1.64. The molecular weight excluding hydrogens is 216 g/mol. The van der Waals surface area contributed by atoms with Crippen molar-refractivity contribution in [2.24, 2.45) is 0 Å². The molecule has 0 saturated heterocycles. The van der Waals surface area contributed by atoms with Gasteiger partial charge >= 0.3 is 5.97 Å². The monoisotopic (exact) mass is 234 g/mol. The summed E-state index contributed by atoms with van der Waals surface area (Å²) < 4.78 is 5.03. The quantitative estimate of drug-likeness (QED) is 0.459. The molecule has 92 valence electrons. The lowest BCUT2D eigenvalue weighted by atomic mass is 9.87. The Morgan fingerprint density at radius 2 is 1.65 bits per heavy atom. The largest absolute Gasteiger partial charge is 0.426 e. The number of hydrogen-bond donors (Lipinski definition) is 0. The minimum atomic E-state index is -0.513. The van der Waals surface area contributed by atoms with Crippen LogP contribution in [0.5, 0.6) is 5.75 Å². The summed E-state index contributed by atoms with van der Waals surface area (Å²) in [5.41, 5.74) is 1.24. The number of esters is 1. The molecule has 0 bridgehead atoms. The fourth-order valence-electron chi connectivity index (χ4n) is 1.39. The number of benzene rings is 1. The Bertz CT molecular complexity index is 410. The molecule has 1 rings (SSSR count). The summed E-state index contributed by atoms with van der Waals surface area (Å²) in [5.74, 6) is -0.230. The van der Waals surface area contributed by atoms with Gasteiger partial charge in [-0.1, -0.05) is 32.9 Å². The second-order valence-corrected chi connectivity index (χ2v) is 5.13. The maximum Gasteiger partial charge on any atom is 0.318 e. The van der Waals surface area contributed by atoms with Crippen molar-refractivity contribution in [2.75, 3.05) is 0 Å². The number of Topliss-reactive ketones (excluding diaryl/α,β-unsaturated/α-hetero) is 1. The average molecular weight is 234 g/mol. The van der Waals surface area contributed by atoms with E-state index < -0.39 is 5.97 Å². The Kier molecular flexibility index (Phi) is 4.05. The summed E-state index contributed by atoms with van der Waals surface area (Å²) in [6.45, 7) is 7.71. The van der Waals surface area contributed by atoms with E-state index in [0.29, 0.717) is 5.75 Å². The van der Waals surface area contributed by atoms with E-state index >= 15 is 0 Å². The van der Waals surface area contributed by atoms with Crippen LogP contribution in [0.25, 0.3) is 0 Å². The van der Waals surface area contributed by atoms with Crippen LogP contribution in [0.1, 0.15) is 39.7 Å². The van der Waals surface area contributed by atoms with Gasteiger partial charge in [0.05, 0.1) is 0 Å². The number of hydrogen-bond acceptors (Lipinski definition) is 3. The van der Waals surface area contributed by atoms with Crippen molar-refractivity contribution >= 4 is 11.8 Å². The van der Waals surface area contributed by atoms with Crippen molar-refractivity contribution in [3.05, 3.63) is 29.8 Å². The van der Waals surface area contributed by atoms with Gasteiger partial charge in [0.25, 0.3) is 0 Å². The smallest absolute Gasteiger partial charge is 0.318 e. The van der Waals surface area contributed by atoms with E-state index in [0.717, 1.165) is 0 Å². The minimum absolute atomic E-state index is 0.0714. The highest BCUT2D eigenvalue weighted by atomic mass is 16.5. The molecule has 0 unspecified atom stereocenters. The highest BCUT2D eigenvalue weighted by molar-refractivity contribution is 5.94. The van der Waals surface area contributed by atoms with Crippen LogP contribution in [0.15, 0.2) is 24.3 Å². The number of ketones is 1. The fraction of sp³-hybridized carbons (Fsp3) is 0.429. The molecule has 0 atom stereocenters. The van der Waals surface area contributed by atoms with Crippen LogP contribution in [0.3, 0.4) is 0 Å². The van der Waals surface area contributed by atoms with E-state index in [4.69, 9.17) is 4.74 Å². The fourth-order valence-corrected chi connectivity index (χ4v) is 1.39. The molecular formula is C14H18O3. The Morgan fingerprint density at radius 1 is 1.12 bits per heavy atom. The first-order valence-electron chi connectivity index (χ1n) is 5.59. The van der Waals surface area contributed by atoms with Crippen LogP contribution in [-0.2, 0) is 15.0 Å². The number of rotatable bonds is 3. The van der Waals surface area contributed by atoms with Gasteiger partial charge in [-0.25, -0.2) is 0 Å². The number of carbonyl (C=O) groups is 2. The van der Waals surface area contributed by atoms with Crippen LogP contribution in [-0.4, -0.2) is 11.8 Å². The number of ether oxygens (including phenoxy) is 1. The lowest BCUT2D eigenvalue weighted by Gasteiger charge is -2.18. The van der Waals surface area contributed by atoms with Gasteiger partial charge < -0.3 is 4.74 Å². The molecule has 0 aliphatic rings. The molecule has 0 spiro atoms. The molecule has 0 radical (unpaired) electrons. The van der Waals surface area contributed by atoms with Crippen molar-refractivity contribution in [2.45, 2.75) is 39.5 Å². The van der Waals surface area contributed by atoms with Crippen LogP contribution in [0.4, 0.5) is 0 Å². The summed E-state index contributed by atoms with van der Waals surface area (Å²) in [5, 5.41) is 0. The lowest BCUT2D eigenvalue weighted by molar-refractivity contribution is -0.137. The molecule has 0 fully saturated rings. The molecule has 0 saturated carbocycles. The van der Waals surface area contributed by atoms with Crippen molar-refractivity contribution < 1.29 is 14.3 Å². The Labute approximate surface area is 102 Å². The van der Waals surface area contributed by atoms with Crippen molar-refractivity contribution in [1.82, 2.24) is 0 Å². The van der Waals surface area contributed by atoms with Gasteiger partial charge in [0.2, 0.25) is 0 Å². The molecule has 0 amide bonds. The van der Waals surface area contributed by atoms with Gasteiger partial charge in [0, 0.05) is 0 Å². The van der Waals surface area contributed by atoms with Gasteiger partial charge in [-0.05, 0) is 30.0 Å². The van der Waals surface area contributed by atoms with Gasteiger partial charge in [-0.15, -0.1) is 0 Å². The predicted molar refractivity (Wildman–Crippen MR) is 66.1 cm³/mol. The van der Waals surface area contributed by atoms with E-state index in [2.05, 4.69) is 20.8 Å². The third-order valence-corrected chi connectivity index (χ3v) is 2.35. The second kappa shape index (κ2) is 5.13. The highest BCUT2D eigenvalue weighted by Crippen LogP contribution is 2.24. The van der Waals surface area contributed by atoms with Gasteiger partial charge in [-0.3, -0.25) is 9.59 Å². The highest BCUT2D eigenvalue weighted by Gasteiger charge is 2.14. The summed E-state index contributed by atoms with van der Waals surface area (Å²) in [7, 11) is 0. The van der Waals surface area contributed by atoms with Crippen LogP contribution in [0.2, 0.25) is 0 Å². The SMILES string of the molecule is CC(=O)CC(=O)Oc1ccc(C(C)(C)C)cc1. The second-order valence-electron chi connectivity index (χ2n) is 5.13. The van der Waals surface area contributed by atoms with Crippen molar-refractivity contribution in [1.29, 1.82) is 0 Å². The van der Waals surface area contributed by atoms with Crippen LogP contribution < -0.4 is 4.74 Å². The maximum absolute atomic E-state index is 11.3. The van der Waals surface area contributed by atoms with E-state index in [-0.39, 0.29) is 17.6 Å². The Morgan fingerprint density at radius 3 is 2.06 bits per heavy atom. The zero-order valence-electron chi connectivity index (χ0n) is 10.7. The van der Waals surface area contributed by atoms with Crippen LogP contribution in [0, 0.1) is 0 Å². The van der Waals surface area contributed by atoms with Gasteiger partial charge in [0.15, 0.2) is 0 Å².